The van der Waals surface area contributed by atoms with Gasteiger partial charge < -0.3 is 10.5 Å². The number of hydrogen-bond donors (Lipinski definition) is 2. The van der Waals surface area contributed by atoms with Crippen molar-refractivity contribution < 1.29 is 13.2 Å². The fourth-order valence-corrected chi connectivity index (χ4v) is 3.17. The van der Waals surface area contributed by atoms with Crippen LogP contribution in [0.25, 0.3) is 0 Å². The van der Waals surface area contributed by atoms with Gasteiger partial charge in [0.15, 0.2) is 0 Å². The predicted octanol–water partition coefficient (Wildman–Crippen LogP) is 2.13. The van der Waals surface area contributed by atoms with E-state index < -0.39 is 15.6 Å². The Balaban J connectivity index is 3.23. The van der Waals surface area contributed by atoms with Crippen LogP contribution >= 0.6 is 0 Å². The van der Waals surface area contributed by atoms with Crippen LogP contribution in [0.1, 0.15) is 34.1 Å². The number of nitrogen functional groups attached to an aromatic ring is 1. The van der Waals surface area contributed by atoms with Crippen LogP contribution < -0.4 is 15.2 Å². The van der Waals surface area contributed by atoms with E-state index in [-0.39, 0.29) is 4.90 Å². The number of nitrogens with one attached hydrogen (secondary N) is 1. The summed E-state index contributed by atoms with van der Waals surface area (Å²) < 4.78 is 32.8. The summed E-state index contributed by atoms with van der Waals surface area (Å²) in [6.45, 7) is 7.78. The molecule has 0 amide bonds. The topological polar surface area (TPSA) is 81.4 Å². The molecule has 108 valence electrons. The molecule has 19 heavy (non-hydrogen) atoms. The minimum atomic E-state index is -3.66. The van der Waals surface area contributed by atoms with Gasteiger partial charge in [0, 0.05) is 11.2 Å². The highest BCUT2D eigenvalue weighted by atomic mass is 32.2. The fourth-order valence-electron chi connectivity index (χ4n) is 1.50. The van der Waals surface area contributed by atoms with E-state index in [9.17, 15) is 8.42 Å². The molecule has 0 radical (unpaired) electrons. The summed E-state index contributed by atoms with van der Waals surface area (Å²) in [4.78, 5) is 0.0795. The van der Waals surface area contributed by atoms with Crippen LogP contribution in [0.4, 0.5) is 5.69 Å². The van der Waals surface area contributed by atoms with E-state index in [1.54, 1.807) is 19.1 Å². The highest BCUT2D eigenvalue weighted by Crippen LogP contribution is 2.27. The van der Waals surface area contributed by atoms with Crippen molar-refractivity contribution >= 4 is 15.7 Å². The highest BCUT2D eigenvalue weighted by Gasteiger charge is 2.27. The van der Waals surface area contributed by atoms with E-state index in [1.807, 2.05) is 20.8 Å². The molecule has 0 heterocycles. The molecule has 0 unspecified atom stereocenters. The third kappa shape index (κ3) is 4.11. The molecule has 3 N–H and O–H groups in total. The van der Waals surface area contributed by atoms with Gasteiger partial charge in [0.25, 0.3) is 0 Å². The summed E-state index contributed by atoms with van der Waals surface area (Å²) in [7, 11) is -3.66. The van der Waals surface area contributed by atoms with Crippen LogP contribution in [0.5, 0.6) is 5.75 Å². The second-order valence-corrected chi connectivity index (χ2v) is 6.63. The Morgan fingerprint density at radius 2 is 1.95 bits per heavy atom. The first-order valence-electron chi connectivity index (χ1n) is 6.28. The van der Waals surface area contributed by atoms with Gasteiger partial charge in [-0.2, -0.15) is 0 Å². The number of sulfonamides is 1. The number of nitrogens with two attached hydrogens (primary N) is 1. The Morgan fingerprint density at radius 3 is 2.47 bits per heavy atom. The minimum Gasteiger partial charge on any atom is -0.492 e. The maximum atomic E-state index is 12.4. The van der Waals surface area contributed by atoms with E-state index in [0.717, 1.165) is 0 Å². The zero-order valence-electron chi connectivity index (χ0n) is 11.9. The molecule has 1 aromatic rings. The Hall–Kier alpha value is -1.27. The van der Waals surface area contributed by atoms with Gasteiger partial charge in [-0.1, -0.05) is 6.92 Å². The van der Waals surface area contributed by atoms with Gasteiger partial charge in [-0.05, 0) is 45.4 Å². The first kappa shape index (κ1) is 15.8. The number of benzene rings is 1. The lowest BCUT2D eigenvalue weighted by Crippen LogP contribution is -2.42. The number of ether oxygens (including phenoxy) is 1. The first-order valence-corrected chi connectivity index (χ1v) is 7.76. The Bertz CT molecular complexity index is 539. The maximum Gasteiger partial charge on any atom is 0.244 e. The fraction of sp³-hybridized carbons (Fsp3) is 0.538. The van der Waals surface area contributed by atoms with Crippen molar-refractivity contribution in [3.05, 3.63) is 18.2 Å². The summed E-state index contributed by atoms with van der Waals surface area (Å²) in [5, 5.41) is 0. The SMILES string of the molecule is CCOc1ccc(N)cc1S(=O)(=O)NC(C)(C)CC. The van der Waals surface area contributed by atoms with E-state index >= 15 is 0 Å². The van der Waals surface area contributed by atoms with Crippen LogP contribution in [0.15, 0.2) is 23.1 Å². The number of anilines is 1. The molecule has 6 heteroatoms. The van der Waals surface area contributed by atoms with Gasteiger partial charge in [0.1, 0.15) is 10.6 Å². The molecular formula is C13H22N2O3S. The van der Waals surface area contributed by atoms with Crippen LogP contribution in [-0.2, 0) is 10.0 Å². The van der Waals surface area contributed by atoms with Crippen molar-refractivity contribution in [3.8, 4) is 5.75 Å². The summed E-state index contributed by atoms with van der Waals surface area (Å²) in [5.74, 6) is 0.316. The lowest BCUT2D eigenvalue weighted by molar-refractivity contribution is 0.330. The molecule has 0 atom stereocenters. The average molecular weight is 286 g/mol. The van der Waals surface area contributed by atoms with Gasteiger partial charge in [0.05, 0.1) is 6.61 Å². The molecule has 0 fully saturated rings. The summed E-state index contributed by atoms with van der Waals surface area (Å²) >= 11 is 0. The van der Waals surface area contributed by atoms with Gasteiger partial charge in [0.2, 0.25) is 10.0 Å². The Morgan fingerprint density at radius 1 is 1.32 bits per heavy atom. The summed E-state index contributed by atoms with van der Waals surface area (Å²) in [5.41, 5.74) is 5.54. The number of hydrogen-bond acceptors (Lipinski definition) is 4. The van der Waals surface area contributed by atoms with Crippen molar-refractivity contribution in [3.63, 3.8) is 0 Å². The molecule has 0 spiro atoms. The molecule has 0 aliphatic heterocycles. The minimum absolute atomic E-state index is 0.0795. The molecule has 0 aliphatic carbocycles. The molecule has 0 aliphatic rings. The average Bonchev–Trinajstić information content (AvgIpc) is 2.30. The van der Waals surface area contributed by atoms with Crippen LogP contribution in [-0.4, -0.2) is 20.6 Å². The number of rotatable bonds is 6. The third-order valence-corrected chi connectivity index (χ3v) is 4.57. The van der Waals surface area contributed by atoms with Crippen molar-refractivity contribution in [1.82, 2.24) is 4.72 Å². The molecule has 5 nitrogen and oxygen atoms in total. The largest absolute Gasteiger partial charge is 0.492 e. The molecule has 0 saturated heterocycles. The van der Waals surface area contributed by atoms with E-state index in [1.165, 1.54) is 6.07 Å². The van der Waals surface area contributed by atoms with E-state index in [0.29, 0.717) is 24.5 Å². The van der Waals surface area contributed by atoms with Crippen molar-refractivity contribution in [1.29, 1.82) is 0 Å². The molecule has 0 bridgehead atoms. The van der Waals surface area contributed by atoms with Gasteiger partial charge in [-0.3, -0.25) is 0 Å². The maximum absolute atomic E-state index is 12.4. The monoisotopic (exact) mass is 286 g/mol. The predicted molar refractivity (Wildman–Crippen MR) is 76.7 cm³/mol. The van der Waals surface area contributed by atoms with Crippen LogP contribution in [0, 0.1) is 0 Å². The van der Waals surface area contributed by atoms with Crippen LogP contribution in [0.3, 0.4) is 0 Å². The zero-order chi connectivity index (χ0) is 14.7. The van der Waals surface area contributed by atoms with E-state index in [4.69, 9.17) is 10.5 Å². The zero-order valence-corrected chi connectivity index (χ0v) is 12.7. The second kappa shape index (κ2) is 5.79. The smallest absolute Gasteiger partial charge is 0.244 e. The molecular weight excluding hydrogens is 264 g/mol. The van der Waals surface area contributed by atoms with Gasteiger partial charge >= 0.3 is 0 Å². The second-order valence-electron chi connectivity index (χ2n) is 4.98. The Kier molecular flexibility index (Phi) is 4.81. The standard InChI is InChI=1S/C13H22N2O3S/c1-5-13(3,4)15-19(16,17)12-9-10(14)7-8-11(12)18-6-2/h7-9,15H,5-6,14H2,1-4H3. The molecule has 0 aromatic heterocycles. The third-order valence-electron chi connectivity index (χ3n) is 2.85. The first-order chi connectivity index (χ1) is 8.72. The van der Waals surface area contributed by atoms with Crippen molar-refractivity contribution in [2.75, 3.05) is 12.3 Å². The van der Waals surface area contributed by atoms with E-state index in [2.05, 4.69) is 4.72 Å². The quantitative estimate of drug-likeness (QED) is 0.785. The summed E-state index contributed by atoms with van der Waals surface area (Å²) in [6.07, 6.45) is 0.679. The van der Waals surface area contributed by atoms with Crippen molar-refractivity contribution in [2.45, 2.75) is 44.6 Å². The highest BCUT2D eigenvalue weighted by molar-refractivity contribution is 7.89. The van der Waals surface area contributed by atoms with Gasteiger partial charge in [-0.15, -0.1) is 0 Å². The summed E-state index contributed by atoms with van der Waals surface area (Å²) in [6, 6.07) is 4.61. The Labute approximate surface area is 115 Å². The van der Waals surface area contributed by atoms with Crippen LogP contribution in [0.2, 0.25) is 0 Å². The van der Waals surface area contributed by atoms with Gasteiger partial charge in [-0.25, -0.2) is 13.1 Å². The normalized spacial score (nSPS) is 12.4. The molecule has 1 aromatic carbocycles. The molecule has 0 saturated carbocycles. The van der Waals surface area contributed by atoms with Crippen molar-refractivity contribution in [2.24, 2.45) is 0 Å². The molecule has 1 rings (SSSR count). The lowest BCUT2D eigenvalue weighted by Gasteiger charge is -2.24. The lowest BCUT2D eigenvalue weighted by atomic mass is 10.0.